The van der Waals surface area contributed by atoms with Crippen molar-refractivity contribution in [2.24, 2.45) is 0 Å². The molecule has 0 aliphatic rings. The summed E-state index contributed by atoms with van der Waals surface area (Å²) >= 11 is 0. The van der Waals surface area contributed by atoms with Crippen molar-refractivity contribution in [1.29, 1.82) is 0 Å². The van der Waals surface area contributed by atoms with Gasteiger partial charge in [0.15, 0.2) is 0 Å². The predicted molar refractivity (Wildman–Crippen MR) is 50.2 cm³/mol. The van der Waals surface area contributed by atoms with Gasteiger partial charge in [0.2, 0.25) is 0 Å². The molecule has 0 heterocycles. The fourth-order valence-corrected chi connectivity index (χ4v) is 0.852. The summed E-state index contributed by atoms with van der Waals surface area (Å²) in [6.45, 7) is 2.58. The SMILES string of the molecule is CCNC(=O)c1ccccc1.[Na]. The fraction of sp³-hybridized carbons (Fsp3) is 0.222. The van der Waals surface area contributed by atoms with Gasteiger partial charge in [0.1, 0.15) is 0 Å². The number of hydrogen-bond donors (Lipinski definition) is 1. The molecule has 0 unspecified atom stereocenters. The molecule has 1 aromatic carbocycles. The molecule has 1 amide bonds. The Kier molecular flexibility index (Phi) is 6.07. The van der Waals surface area contributed by atoms with Gasteiger partial charge >= 0.3 is 0 Å². The average molecular weight is 172 g/mol. The van der Waals surface area contributed by atoms with Crippen LogP contribution in [0.15, 0.2) is 30.3 Å². The number of hydrogen-bond acceptors (Lipinski definition) is 1. The van der Waals surface area contributed by atoms with E-state index in [1.54, 1.807) is 12.1 Å². The molecule has 0 aliphatic carbocycles. The first kappa shape index (κ1) is 11.7. The second kappa shape index (κ2) is 6.23. The maximum absolute atomic E-state index is 11.1. The summed E-state index contributed by atoms with van der Waals surface area (Å²) in [5.41, 5.74) is 0.717. The summed E-state index contributed by atoms with van der Waals surface area (Å²) < 4.78 is 0. The normalized spacial score (nSPS) is 8.42. The van der Waals surface area contributed by atoms with Crippen molar-refractivity contribution < 1.29 is 4.79 Å². The maximum Gasteiger partial charge on any atom is 0.251 e. The first-order valence-electron chi connectivity index (χ1n) is 3.68. The van der Waals surface area contributed by atoms with E-state index >= 15 is 0 Å². The van der Waals surface area contributed by atoms with Crippen molar-refractivity contribution in [1.82, 2.24) is 5.32 Å². The summed E-state index contributed by atoms with van der Waals surface area (Å²) in [5.74, 6) is -0.00639. The molecule has 0 bridgehead atoms. The van der Waals surface area contributed by atoms with E-state index in [0.29, 0.717) is 12.1 Å². The third kappa shape index (κ3) is 3.39. The molecule has 0 aromatic heterocycles. The Hall–Kier alpha value is -0.310. The van der Waals surface area contributed by atoms with E-state index in [4.69, 9.17) is 0 Å². The van der Waals surface area contributed by atoms with E-state index in [1.165, 1.54) is 0 Å². The Morgan fingerprint density at radius 3 is 2.42 bits per heavy atom. The average Bonchev–Trinajstić information content (AvgIpc) is 2.07. The van der Waals surface area contributed by atoms with Gasteiger partial charge in [-0.3, -0.25) is 4.79 Å². The van der Waals surface area contributed by atoms with Crippen LogP contribution in [0, 0.1) is 0 Å². The number of amides is 1. The maximum atomic E-state index is 11.1. The smallest absolute Gasteiger partial charge is 0.251 e. The van der Waals surface area contributed by atoms with Crippen LogP contribution >= 0.6 is 0 Å². The molecular weight excluding hydrogens is 161 g/mol. The fourth-order valence-electron chi connectivity index (χ4n) is 0.852. The van der Waals surface area contributed by atoms with E-state index in [9.17, 15) is 4.79 Å². The minimum atomic E-state index is -0.00639. The van der Waals surface area contributed by atoms with Crippen LogP contribution in [0.1, 0.15) is 17.3 Å². The Labute approximate surface area is 94.7 Å². The summed E-state index contributed by atoms with van der Waals surface area (Å²) in [6.07, 6.45) is 0. The van der Waals surface area contributed by atoms with Crippen LogP contribution in [-0.2, 0) is 0 Å². The molecule has 1 rings (SSSR count). The summed E-state index contributed by atoms with van der Waals surface area (Å²) in [6, 6.07) is 9.19. The Balaban J connectivity index is 0.00000121. The quantitative estimate of drug-likeness (QED) is 0.664. The van der Waals surface area contributed by atoms with E-state index in [0.717, 1.165) is 0 Å². The first-order valence-corrected chi connectivity index (χ1v) is 3.68. The van der Waals surface area contributed by atoms with Crippen LogP contribution < -0.4 is 5.32 Å². The van der Waals surface area contributed by atoms with Crippen molar-refractivity contribution >= 4 is 35.5 Å². The monoisotopic (exact) mass is 172 g/mol. The third-order valence-corrected chi connectivity index (χ3v) is 1.37. The second-order valence-electron chi connectivity index (χ2n) is 2.23. The van der Waals surface area contributed by atoms with Gasteiger partial charge in [0.25, 0.3) is 5.91 Å². The molecule has 3 heteroatoms. The van der Waals surface area contributed by atoms with Crippen LogP contribution in [0.3, 0.4) is 0 Å². The second-order valence-corrected chi connectivity index (χ2v) is 2.23. The van der Waals surface area contributed by atoms with E-state index in [-0.39, 0.29) is 35.5 Å². The zero-order chi connectivity index (χ0) is 8.10. The first-order chi connectivity index (χ1) is 5.34. The number of benzene rings is 1. The van der Waals surface area contributed by atoms with Gasteiger partial charge in [0, 0.05) is 41.7 Å². The summed E-state index contributed by atoms with van der Waals surface area (Å²) in [4.78, 5) is 11.1. The molecule has 12 heavy (non-hydrogen) atoms. The van der Waals surface area contributed by atoms with Gasteiger partial charge in [0.05, 0.1) is 0 Å². The minimum Gasteiger partial charge on any atom is -0.352 e. The van der Waals surface area contributed by atoms with Crippen LogP contribution in [0.4, 0.5) is 0 Å². The van der Waals surface area contributed by atoms with Crippen molar-refractivity contribution in [2.45, 2.75) is 6.92 Å². The standard InChI is InChI=1S/C9H11NO.Na/c1-2-10-9(11)8-6-4-3-5-7-8;/h3-7H,2H2,1H3,(H,10,11);. The van der Waals surface area contributed by atoms with Crippen molar-refractivity contribution in [2.75, 3.05) is 6.54 Å². The molecule has 0 fully saturated rings. The zero-order valence-electron chi connectivity index (χ0n) is 7.50. The molecule has 1 aromatic rings. The molecular formula is C9H11NNaO. The molecule has 59 valence electrons. The van der Waals surface area contributed by atoms with Gasteiger partial charge in [-0.25, -0.2) is 0 Å². The largest absolute Gasteiger partial charge is 0.352 e. The van der Waals surface area contributed by atoms with E-state index < -0.39 is 0 Å². The molecule has 1 N–H and O–H groups in total. The van der Waals surface area contributed by atoms with Gasteiger partial charge in [-0.2, -0.15) is 0 Å². The van der Waals surface area contributed by atoms with Crippen molar-refractivity contribution in [3.05, 3.63) is 35.9 Å². The molecule has 0 atom stereocenters. The van der Waals surface area contributed by atoms with Gasteiger partial charge in [-0.1, -0.05) is 18.2 Å². The predicted octanol–water partition coefficient (Wildman–Crippen LogP) is 1.06. The molecule has 0 saturated carbocycles. The summed E-state index contributed by atoms with van der Waals surface area (Å²) in [7, 11) is 0. The van der Waals surface area contributed by atoms with Crippen molar-refractivity contribution in [3.63, 3.8) is 0 Å². The Morgan fingerprint density at radius 2 is 1.92 bits per heavy atom. The Bertz CT molecular complexity index is 236. The third-order valence-electron chi connectivity index (χ3n) is 1.37. The minimum absolute atomic E-state index is 0. The van der Waals surface area contributed by atoms with E-state index in [2.05, 4.69) is 5.32 Å². The number of rotatable bonds is 2. The molecule has 0 spiro atoms. The molecule has 0 saturated heterocycles. The molecule has 2 nitrogen and oxygen atoms in total. The number of carbonyl (C=O) groups is 1. The van der Waals surface area contributed by atoms with Crippen LogP contribution in [-0.4, -0.2) is 42.0 Å². The van der Waals surface area contributed by atoms with Crippen LogP contribution in [0.5, 0.6) is 0 Å². The van der Waals surface area contributed by atoms with Crippen LogP contribution in [0.2, 0.25) is 0 Å². The van der Waals surface area contributed by atoms with E-state index in [1.807, 2.05) is 25.1 Å². The topological polar surface area (TPSA) is 29.1 Å². The number of nitrogens with one attached hydrogen (secondary N) is 1. The van der Waals surface area contributed by atoms with Crippen molar-refractivity contribution in [3.8, 4) is 0 Å². The van der Waals surface area contributed by atoms with Crippen LogP contribution in [0.25, 0.3) is 0 Å². The molecule has 0 aliphatic heterocycles. The summed E-state index contributed by atoms with van der Waals surface area (Å²) in [5, 5.41) is 2.72. The molecule has 1 radical (unpaired) electrons. The number of carbonyl (C=O) groups excluding carboxylic acids is 1. The Morgan fingerprint density at radius 1 is 1.33 bits per heavy atom. The zero-order valence-corrected chi connectivity index (χ0v) is 9.50. The van der Waals surface area contributed by atoms with Gasteiger partial charge in [-0.15, -0.1) is 0 Å². The van der Waals surface area contributed by atoms with Gasteiger partial charge < -0.3 is 5.32 Å². The van der Waals surface area contributed by atoms with Gasteiger partial charge in [-0.05, 0) is 19.1 Å².